The first-order valence-corrected chi connectivity index (χ1v) is 13.5. The standard InChI is InChI=1S/C24H20N2O3S3/c1-10-4-6-11(7-5-10)26-22(27)16-12-9-13(17(16)23(26)28)19-15(12)18(14-3-2-8-30-14)20-21(31-19)25-24(29)32-20/h2-8,12-13,15-19H,9H2,1H3,(H,25,29)/t12-,13-,15-,16-,17-,18-,19+/m0/s1. The first kappa shape index (κ1) is 19.3. The van der Waals surface area contributed by atoms with Gasteiger partial charge in [0, 0.05) is 20.9 Å². The molecule has 2 aliphatic carbocycles. The molecule has 2 aromatic heterocycles. The summed E-state index contributed by atoms with van der Waals surface area (Å²) in [5.41, 5.74) is 1.79. The van der Waals surface area contributed by atoms with Crippen LogP contribution in [0.4, 0.5) is 5.69 Å². The molecule has 8 heteroatoms. The number of carbonyl (C=O) groups excluding carboxylic acids is 2. The van der Waals surface area contributed by atoms with Gasteiger partial charge < -0.3 is 4.98 Å². The number of benzene rings is 1. The van der Waals surface area contributed by atoms with Crippen LogP contribution in [0.1, 0.15) is 27.7 Å². The highest BCUT2D eigenvalue weighted by atomic mass is 32.2. The van der Waals surface area contributed by atoms with Gasteiger partial charge in [-0.3, -0.25) is 19.3 Å². The smallest absolute Gasteiger partial charge is 0.305 e. The van der Waals surface area contributed by atoms with Crippen molar-refractivity contribution in [2.45, 2.75) is 29.5 Å². The van der Waals surface area contributed by atoms with Gasteiger partial charge in [-0.05, 0) is 54.7 Å². The molecule has 5 nitrogen and oxygen atoms in total. The molecule has 32 heavy (non-hydrogen) atoms. The predicted molar refractivity (Wildman–Crippen MR) is 126 cm³/mol. The van der Waals surface area contributed by atoms with Crippen LogP contribution in [-0.2, 0) is 9.59 Å². The third-order valence-electron chi connectivity index (χ3n) is 7.87. The van der Waals surface area contributed by atoms with Crippen LogP contribution in [-0.4, -0.2) is 22.0 Å². The van der Waals surface area contributed by atoms with Gasteiger partial charge in [0.25, 0.3) is 0 Å². The lowest BCUT2D eigenvalue weighted by atomic mass is 9.69. The topological polar surface area (TPSA) is 70.2 Å². The van der Waals surface area contributed by atoms with Crippen LogP contribution in [0.15, 0.2) is 51.6 Å². The Hall–Kier alpha value is -2.16. The number of hydrogen-bond acceptors (Lipinski definition) is 6. The van der Waals surface area contributed by atoms with Crippen LogP contribution in [0.5, 0.6) is 0 Å². The summed E-state index contributed by atoms with van der Waals surface area (Å²) in [4.78, 5) is 46.3. The van der Waals surface area contributed by atoms with E-state index in [4.69, 9.17) is 0 Å². The third kappa shape index (κ3) is 2.43. The molecule has 3 fully saturated rings. The molecule has 4 aliphatic rings. The largest absolute Gasteiger partial charge is 0.307 e. The van der Waals surface area contributed by atoms with Crippen molar-refractivity contribution in [2.24, 2.45) is 29.6 Å². The van der Waals surface area contributed by atoms with E-state index < -0.39 is 0 Å². The van der Waals surface area contributed by atoms with Crippen LogP contribution >= 0.6 is 34.4 Å². The molecule has 7 rings (SSSR count). The summed E-state index contributed by atoms with van der Waals surface area (Å²) in [6.07, 6.45) is 0.929. The van der Waals surface area contributed by atoms with E-state index in [2.05, 4.69) is 22.5 Å². The third-order valence-corrected chi connectivity index (χ3v) is 11.4. The zero-order valence-corrected chi connectivity index (χ0v) is 19.6. The van der Waals surface area contributed by atoms with Crippen LogP contribution < -0.4 is 9.77 Å². The fraction of sp³-hybridized carbons (Fsp3) is 0.375. The first-order chi connectivity index (χ1) is 15.5. The minimum Gasteiger partial charge on any atom is -0.307 e. The molecular weight excluding hydrogens is 460 g/mol. The second-order valence-corrected chi connectivity index (χ2v) is 12.5. The van der Waals surface area contributed by atoms with Crippen molar-refractivity contribution in [2.75, 3.05) is 4.90 Å². The number of H-pyrrole nitrogens is 1. The van der Waals surface area contributed by atoms with Gasteiger partial charge in [-0.1, -0.05) is 35.1 Å². The zero-order valence-electron chi connectivity index (χ0n) is 17.2. The highest BCUT2D eigenvalue weighted by Crippen LogP contribution is 2.68. The highest BCUT2D eigenvalue weighted by Gasteiger charge is 2.69. The number of rotatable bonds is 2. The Morgan fingerprint density at radius 2 is 1.75 bits per heavy atom. The first-order valence-electron chi connectivity index (χ1n) is 10.9. The summed E-state index contributed by atoms with van der Waals surface area (Å²) in [5.74, 6) is 0.211. The second-order valence-electron chi connectivity index (χ2n) is 9.32. The van der Waals surface area contributed by atoms with Crippen molar-refractivity contribution in [1.82, 2.24) is 4.98 Å². The molecule has 0 unspecified atom stereocenters. The Kier molecular flexibility index (Phi) is 4.03. The van der Waals surface area contributed by atoms with Crippen molar-refractivity contribution >= 4 is 51.9 Å². The number of imide groups is 1. The molecule has 2 saturated carbocycles. The van der Waals surface area contributed by atoms with Crippen molar-refractivity contribution in [3.8, 4) is 0 Å². The Morgan fingerprint density at radius 3 is 2.47 bits per heavy atom. The lowest BCUT2D eigenvalue weighted by Crippen LogP contribution is -2.42. The summed E-state index contributed by atoms with van der Waals surface area (Å²) >= 11 is 4.77. The molecule has 1 aromatic carbocycles. The molecule has 0 spiro atoms. The number of nitrogens with zero attached hydrogens (tertiary/aromatic N) is 1. The normalized spacial score (nSPS) is 34.7. The van der Waals surface area contributed by atoms with Crippen LogP contribution in [0.2, 0.25) is 0 Å². The van der Waals surface area contributed by atoms with E-state index in [-0.39, 0.29) is 57.4 Å². The molecule has 1 N–H and O–H groups in total. The van der Waals surface area contributed by atoms with Gasteiger partial charge in [-0.2, -0.15) is 0 Å². The molecular formula is C24H20N2O3S3. The van der Waals surface area contributed by atoms with Crippen molar-refractivity contribution in [3.05, 3.63) is 66.8 Å². The molecule has 4 heterocycles. The fourth-order valence-corrected chi connectivity index (χ4v) is 10.6. The van der Waals surface area contributed by atoms with Gasteiger partial charge in [-0.15, -0.1) is 23.1 Å². The Bertz CT molecular complexity index is 1310. The number of thiophene rings is 1. The van der Waals surface area contributed by atoms with Crippen LogP contribution in [0.3, 0.4) is 0 Å². The summed E-state index contributed by atoms with van der Waals surface area (Å²) in [6, 6.07) is 11.9. The average Bonchev–Trinajstić information content (AvgIpc) is 3.57. The highest BCUT2D eigenvalue weighted by molar-refractivity contribution is 8.00. The van der Waals surface area contributed by atoms with Crippen LogP contribution in [0.25, 0.3) is 0 Å². The maximum atomic E-state index is 13.6. The van der Waals surface area contributed by atoms with Crippen molar-refractivity contribution in [3.63, 3.8) is 0 Å². The molecule has 2 amide bonds. The molecule has 162 valence electrons. The van der Waals surface area contributed by atoms with Gasteiger partial charge in [-0.25, -0.2) is 0 Å². The Morgan fingerprint density at radius 1 is 1.00 bits per heavy atom. The van der Waals surface area contributed by atoms with Crippen molar-refractivity contribution < 1.29 is 9.59 Å². The minimum atomic E-state index is -0.240. The lowest BCUT2D eigenvalue weighted by Gasteiger charge is -2.42. The molecule has 0 radical (unpaired) electrons. The van der Waals surface area contributed by atoms with E-state index in [1.165, 1.54) is 21.1 Å². The number of hydrogen-bond donors (Lipinski definition) is 1. The lowest BCUT2D eigenvalue weighted by molar-refractivity contribution is -0.123. The average molecular weight is 481 g/mol. The molecule has 2 aliphatic heterocycles. The summed E-state index contributed by atoms with van der Waals surface area (Å²) < 4.78 is 0. The fourth-order valence-electron chi connectivity index (χ4n) is 6.75. The van der Waals surface area contributed by atoms with Gasteiger partial charge in [0.1, 0.15) is 0 Å². The molecule has 7 atom stereocenters. The number of aromatic amines is 1. The summed E-state index contributed by atoms with van der Waals surface area (Å²) in [6.45, 7) is 2.00. The number of aryl methyl sites for hydroxylation is 1. The number of thiazole rings is 1. The number of nitrogens with one attached hydrogen (secondary N) is 1. The van der Waals surface area contributed by atoms with E-state index in [1.807, 2.05) is 31.2 Å². The molecule has 2 bridgehead atoms. The zero-order chi connectivity index (χ0) is 21.7. The number of fused-ring (bicyclic) bond motifs is 9. The van der Waals surface area contributed by atoms with E-state index in [0.717, 1.165) is 21.9 Å². The summed E-state index contributed by atoms with van der Waals surface area (Å²) in [5, 5.41) is 3.30. The van der Waals surface area contributed by atoms with Gasteiger partial charge in [0.05, 0.1) is 22.5 Å². The van der Waals surface area contributed by atoms with Gasteiger partial charge in [0.15, 0.2) is 0 Å². The summed E-state index contributed by atoms with van der Waals surface area (Å²) in [7, 11) is 0. The van der Waals surface area contributed by atoms with E-state index in [1.54, 1.807) is 23.1 Å². The number of thioether (sulfide) groups is 1. The van der Waals surface area contributed by atoms with Crippen LogP contribution in [0, 0.1) is 36.5 Å². The molecule has 1 saturated heterocycles. The number of carbonyl (C=O) groups is 2. The number of aromatic nitrogens is 1. The van der Waals surface area contributed by atoms with Crippen molar-refractivity contribution in [1.29, 1.82) is 0 Å². The minimum absolute atomic E-state index is 0.0192. The predicted octanol–water partition coefficient (Wildman–Crippen LogP) is 4.48. The quantitative estimate of drug-likeness (QED) is 0.549. The molecule has 3 aromatic rings. The Labute approximate surface area is 196 Å². The SMILES string of the molecule is Cc1ccc(N2C(=O)[C@H]3[C@@H]4C[C@H]([C@@H]3C2=O)[C@H]2[C@H](c3cccs3)c3sc(=O)[nH]c3S[C@H]42)cc1. The van der Waals surface area contributed by atoms with Gasteiger partial charge >= 0.3 is 4.87 Å². The maximum absolute atomic E-state index is 13.6. The van der Waals surface area contributed by atoms with Gasteiger partial charge in [0.2, 0.25) is 11.8 Å². The van der Waals surface area contributed by atoms with E-state index in [0.29, 0.717) is 5.69 Å². The number of anilines is 1. The van der Waals surface area contributed by atoms with E-state index in [9.17, 15) is 14.4 Å². The Balaban J connectivity index is 1.32. The monoisotopic (exact) mass is 480 g/mol. The second kappa shape index (κ2) is 6.68. The number of amides is 2. The van der Waals surface area contributed by atoms with E-state index >= 15 is 0 Å². The maximum Gasteiger partial charge on any atom is 0.305 e.